The van der Waals surface area contributed by atoms with Gasteiger partial charge in [-0.2, -0.15) is 4.98 Å². The summed E-state index contributed by atoms with van der Waals surface area (Å²) in [5.41, 5.74) is 12.4. The standard InChI is InChI=1S/C20H30N6O3/c1-28-16-12-14-15(13-17(16)29-2)23-20(24-19(14)22)26-10-8-25(9-11-26)18(27)6-4-3-5-7-21/h12-13H,3-11,21H2,1-2H3,(H2,22,23,24). The highest BCUT2D eigenvalue weighted by molar-refractivity contribution is 5.91. The summed E-state index contributed by atoms with van der Waals surface area (Å²) >= 11 is 0. The number of aromatic nitrogens is 2. The molecule has 0 bridgehead atoms. The number of ether oxygens (including phenoxy) is 2. The monoisotopic (exact) mass is 402 g/mol. The van der Waals surface area contributed by atoms with Crippen LogP contribution in [-0.4, -0.2) is 67.7 Å². The number of rotatable bonds is 8. The van der Waals surface area contributed by atoms with Gasteiger partial charge in [-0.15, -0.1) is 0 Å². The van der Waals surface area contributed by atoms with Crippen LogP contribution in [0, 0.1) is 0 Å². The van der Waals surface area contributed by atoms with E-state index in [2.05, 4.69) is 14.9 Å². The molecule has 4 N–H and O–H groups in total. The van der Waals surface area contributed by atoms with Crippen LogP contribution in [0.15, 0.2) is 12.1 Å². The van der Waals surface area contributed by atoms with E-state index in [1.807, 2.05) is 4.90 Å². The average Bonchev–Trinajstić information content (AvgIpc) is 2.75. The molecule has 3 rings (SSSR count). The fraction of sp³-hybridized carbons (Fsp3) is 0.550. The molecule has 1 fully saturated rings. The van der Waals surface area contributed by atoms with Crippen molar-refractivity contribution in [3.63, 3.8) is 0 Å². The number of benzene rings is 1. The van der Waals surface area contributed by atoms with Crippen LogP contribution < -0.4 is 25.8 Å². The molecule has 1 saturated heterocycles. The number of nitrogen functional groups attached to an aromatic ring is 1. The number of hydrogen-bond acceptors (Lipinski definition) is 8. The molecule has 2 aromatic rings. The quantitative estimate of drug-likeness (QED) is 0.636. The number of piperazine rings is 1. The normalized spacial score (nSPS) is 14.3. The second-order valence-corrected chi connectivity index (χ2v) is 7.10. The Hall–Kier alpha value is -2.81. The molecule has 0 atom stereocenters. The highest BCUT2D eigenvalue weighted by Crippen LogP contribution is 2.34. The van der Waals surface area contributed by atoms with Gasteiger partial charge in [-0.1, -0.05) is 6.42 Å². The van der Waals surface area contributed by atoms with Crippen LogP contribution in [-0.2, 0) is 4.79 Å². The predicted molar refractivity (Wildman–Crippen MR) is 113 cm³/mol. The van der Waals surface area contributed by atoms with E-state index in [9.17, 15) is 4.79 Å². The number of anilines is 2. The SMILES string of the molecule is COc1cc2nc(N3CCN(C(=O)CCCCCN)CC3)nc(N)c2cc1OC. The first kappa shape index (κ1) is 20.9. The van der Waals surface area contributed by atoms with Crippen LogP contribution in [0.4, 0.5) is 11.8 Å². The number of unbranched alkanes of at least 4 members (excludes halogenated alkanes) is 2. The van der Waals surface area contributed by atoms with Gasteiger partial charge in [0.05, 0.1) is 19.7 Å². The average molecular weight is 402 g/mol. The maximum atomic E-state index is 12.4. The van der Waals surface area contributed by atoms with Gasteiger partial charge >= 0.3 is 0 Å². The summed E-state index contributed by atoms with van der Waals surface area (Å²) in [6.07, 6.45) is 3.45. The molecule has 0 unspecified atom stereocenters. The molecule has 0 aliphatic carbocycles. The second kappa shape index (κ2) is 9.60. The lowest BCUT2D eigenvalue weighted by molar-refractivity contribution is -0.131. The van der Waals surface area contributed by atoms with Gasteiger partial charge in [-0.3, -0.25) is 4.79 Å². The first-order chi connectivity index (χ1) is 14.1. The van der Waals surface area contributed by atoms with Crippen molar-refractivity contribution in [2.75, 3.05) is 57.6 Å². The highest BCUT2D eigenvalue weighted by atomic mass is 16.5. The van der Waals surface area contributed by atoms with E-state index in [4.69, 9.17) is 20.9 Å². The molecule has 9 heteroatoms. The minimum absolute atomic E-state index is 0.206. The van der Waals surface area contributed by atoms with Crippen molar-refractivity contribution in [1.82, 2.24) is 14.9 Å². The fourth-order valence-corrected chi connectivity index (χ4v) is 3.52. The molecule has 29 heavy (non-hydrogen) atoms. The van der Waals surface area contributed by atoms with Crippen molar-refractivity contribution >= 4 is 28.6 Å². The minimum Gasteiger partial charge on any atom is -0.493 e. The molecule has 1 aromatic carbocycles. The van der Waals surface area contributed by atoms with E-state index in [0.29, 0.717) is 67.9 Å². The second-order valence-electron chi connectivity index (χ2n) is 7.10. The van der Waals surface area contributed by atoms with Crippen molar-refractivity contribution < 1.29 is 14.3 Å². The van der Waals surface area contributed by atoms with Crippen molar-refractivity contribution in [1.29, 1.82) is 0 Å². The number of amides is 1. The van der Waals surface area contributed by atoms with Crippen LogP contribution in [0.2, 0.25) is 0 Å². The summed E-state index contributed by atoms with van der Waals surface area (Å²) in [4.78, 5) is 25.5. The molecule has 1 amide bonds. The summed E-state index contributed by atoms with van der Waals surface area (Å²) in [6.45, 7) is 3.34. The van der Waals surface area contributed by atoms with Crippen molar-refractivity contribution in [2.24, 2.45) is 5.73 Å². The molecule has 0 saturated carbocycles. The van der Waals surface area contributed by atoms with Crippen molar-refractivity contribution in [2.45, 2.75) is 25.7 Å². The third kappa shape index (κ3) is 4.79. The zero-order valence-corrected chi connectivity index (χ0v) is 17.2. The van der Waals surface area contributed by atoms with Gasteiger partial charge in [-0.05, 0) is 25.5 Å². The Morgan fingerprint density at radius 1 is 1.03 bits per heavy atom. The Morgan fingerprint density at radius 3 is 2.38 bits per heavy atom. The molecule has 0 radical (unpaired) electrons. The molecular weight excluding hydrogens is 372 g/mol. The van der Waals surface area contributed by atoms with Crippen molar-refractivity contribution in [3.8, 4) is 11.5 Å². The molecule has 2 heterocycles. The van der Waals surface area contributed by atoms with E-state index in [0.717, 1.165) is 24.6 Å². The number of hydrogen-bond donors (Lipinski definition) is 2. The van der Waals surface area contributed by atoms with Crippen LogP contribution in [0.25, 0.3) is 10.9 Å². The zero-order valence-electron chi connectivity index (χ0n) is 17.2. The lowest BCUT2D eigenvalue weighted by Gasteiger charge is -2.35. The molecule has 1 aliphatic rings. The summed E-state index contributed by atoms with van der Waals surface area (Å²) in [5, 5.41) is 0.720. The number of carbonyl (C=O) groups is 1. The summed E-state index contributed by atoms with van der Waals surface area (Å²) in [7, 11) is 3.16. The third-order valence-corrected chi connectivity index (χ3v) is 5.23. The number of methoxy groups -OCH3 is 2. The molecule has 1 aromatic heterocycles. The first-order valence-electron chi connectivity index (χ1n) is 9.99. The van der Waals surface area contributed by atoms with Crippen LogP contribution in [0.5, 0.6) is 11.5 Å². The van der Waals surface area contributed by atoms with Gasteiger partial charge in [0.1, 0.15) is 5.82 Å². The van der Waals surface area contributed by atoms with Gasteiger partial charge in [0, 0.05) is 44.1 Å². The van der Waals surface area contributed by atoms with E-state index >= 15 is 0 Å². The summed E-state index contributed by atoms with van der Waals surface area (Å²) < 4.78 is 10.7. The number of nitrogens with zero attached hydrogens (tertiary/aromatic N) is 4. The van der Waals surface area contributed by atoms with Crippen molar-refractivity contribution in [3.05, 3.63) is 12.1 Å². The fourth-order valence-electron chi connectivity index (χ4n) is 3.52. The number of nitrogens with two attached hydrogens (primary N) is 2. The Balaban J connectivity index is 1.68. The Bertz CT molecular complexity index is 852. The molecule has 9 nitrogen and oxygen atoms in total. The Kier molecular flexibility index (Phi) is 6.92. The minimum atomic E-state index is 0.206. The molecule has 0 spiro atoms. The zero-order chi connectivity index (χ0) is 20.8. The van der Waals surface area contributed by atoms with E-state index < -0.39 is 0 Å². The maximum absolute atomic E-state index is 12.4. The Labute approximate surface area is 171 Å². The number of fused-ring (bicyclic) bond motifs is 1. The topological polar surface area (TPSA) is 120 Å². The highest BCUT2D eigenvalue weighted by Gasteiger charge is 2.23. The van der Waals surface area contributed by atoms with E-state index in [-0.39, 0.29) is 5.91 Å². The third-order valence-electron chi connectivity index (χ3n) is 5.23. The Morgan fingerprint density at radius 2 is 1.72 bits per heavy atom. The largest absolute Gasteiger partial charge is 0.493 e. The van der Waals surface area contributed by atoms with Crippen LogP contribution in [0.3, 0.4) is 0 Å². The summed E-state index contributed by atoms with van der Waals surface area (Å²) in [5.74, 6) is 2.34. The van der Waals surface area contributed by atoms with Crippen LogP contribution >= 0.6 is 0 Å². The van der Waals surface area contributed by atoms with Gasteiger partial charge in [0.15, 0.2) is 11.5 Å². The van der Waals surface area contributed by atoms with Gasteiger partial charge in [-0.25, -0.2) is 4.98 Å². The predicted octanol–water partition coefficient (Wildman–Crippen LogP) is 1.40. The molecule has 158 valence electrons. The summed E-state index contributed by atoms with van der Waals surface area (Å²) in [6, 6.07) is 3.59. The van der Waals surface area contributed by atoms with E-state index in [1.54, 1.807) is 26.4 Å². The van der Waals surface area contributed by atoms with Gasteiger partial charge in [0.25, 0.3) is 0 Å². The van der Waals surface area contributed by atoms with E-state index in [1.165, 1.54) is 0 Å². The molecular formula is C20H30N6O3. The van der Waals surface area contributed by atoms with Crippen LogP contribution in [0.1, 0.15) is 25.7 Å². The smallest absolute Gasteiger partial charge is 0.228 e. The van der Waals surface area contributed by atoms with Gasteiger partial charge < -0.3 is 30.7 Å². The lowest BCUT2D eigenvalue weighted by atomic mass is 10.1. The lowest BCUT2D eigenvalue weighted by Crippen LogP contribution is -2.49. The van der Waals surface area contributed by atoms with Gasteiger partial charge in [0.2, 0.25) is 11.9 Å². The number of carbonyl (C=O) groups excluding carboxylic acids is 1. The maximum Gasteiger partial charge on any atom is 0.228 e. The molecule has 1 aliphatic heterocycles. The first-order valence-corrected chi connectivity index (χ1v) is 9.99.